The van der Waals surface area contributed by atoms with E-state index in [9.17, 15) is 0 Å². The molecule has 0 radical (unpaired) electrons. The second kappa shape index (κ2) is 4.69. The van der Waals surface area contributed by atoms with Crippen LogP contribution in [0.4, 0.5) is 0 Å². The van der Waals surface area contributed by atoms with Crippen molar-refractivity contribution in [3.63, 3.8) is 0 Å². The zero-order valence-corrected chi connectivity index (χ0v) is 11.1. The maximum absolute atomic E-state index is 3.62. The van der Waals surface area contributed by atoms with Crippen molar-refractivity contribution in [2.75, 3.05) is 6.54 Å². The van der Waals surface area contributed by atoms with Gasteiger partial charge in [-0.3, -0.25) is 0 Å². The number of nitrogens with one attached hydrogen (secondary N) is 1. The minimum absolute atomic E-state index is 0.229. The highest BCUT2D eigenvalue weighted by atomic mass is 15.0. The van der Waals surface area contributed by atoms with Gasteiger partial charge in [-0.25, -0.2) is 0 Å². The lowest BCUT2D eigenvalue weighted by atomic mass is 9.78. The van der Waals surface area contributed by atoms with E-state index in [1.807, 2.05) is 0 Å². The first-order valence-electron chi connectivity index (χ1n) is 6.26. The molecule has 0 saturated heterocycles. The van der Waals surface area contributed by atoms with Crippen LogP contribution in [0.1, 0.15) is 60.3 Å². The van der Waals surface area contributed by atoms with Crippen molar-refractivity contribution in [1.82, 2.24) is 5.32 Å². The Hall–Kier alpha value is -0.300. The van der Waals surface area contributed by atoms with Crippen LogP contribution in [0.2, 0.25) is 0 Å². The molecule has 0 heterocycles. The van der Waals surface area contributed by atoms with Gasteiger partial charge in [0.2, 0.25) is 0 Å². The first-order valence-corrected chi connectivity index (χ1v) is 6.26. The van der Waals surface area contributed by atoms with Gasteiger partial charge in [-0.1, -0.05) is 25.5 Å². The number of hydrogen-bond donors (Lipinski definition) is 1. The zero-order chi connectivity index (χ0) is 11.5. The van der Waals surface area contributed by atoms with E-state index in [1.54, 1.807) is 5.57 Å². The van der Waals surface area contributed by atoms with Crippen molar-refractivity contribution in [2.45, 2.75) is 65.8 Å². The molecule has 0 unspecified atom stereocenters. The highest BCUT2D eigenvalue weighted by Crippen LogP contribution is 2.33. The minimum atomic E-state index is 0.229. The summed E-state index contributed by atoms with van der Waals surface area (Å²) in [4.78, 5) is 0. The molecular formula is C14H27N. The van der Waals surface area contributed by atoms with Crippen molar-refractivity contribution >= 4 is 0 Å². The minimum Gasteiger partial charge on any atom is -0.311 e. The van der Waals surface area contributed by atoms with Crippen LogP contribution in [0.3, 0.4) is 0 Å². The maximum Gasteiger partial charge on any atom is 0.00968 e. The molecule has 0 aromatic rings. The molecule has 0 atom stereocenters. The molecule has 1 nitrogen and oxygen atoms in total. The first kappa shape index (κ1) is 12.8. The van der Waals surface area contributed by atoms with E-state index in [-0.39, 0.29) is 5.54 Å². The van der Waals surface area contributed by atoms with Crippen LogP contribution in [-0.4, -0.2) is 12.1 Å². The fourth-order valence-corrected chi connectivity index (χ4v) is 2.05. The second-order valence-corrected chi connectivity index (χ2v) is 6.46. The predicted octanol–water partition coefficient (Wildman–Crippen LogP) is 3.90. The molecule has 0 fully saturated rings. The van der Waals surface area contributed by atoms with Crippen molar-refractivity contribution < 1.29 is 0 Å². The summed E-state index contributed by atoms with van der Waals surface area (Å²) in [6, 6.07) is 0. The van der Waals surface area contributed by atoms with Crippen LogP contribution >= 0.6 is 0 Å². The monoisotopic (exact) mass is 209 g/mol. The molecule has 1 aliphatic carbocycles. The van der Waals surface area contributed by atoms with Crippen LogP contribution < -0.4 is 5.32 Å². The first-order chi connectivity index (χ1) is 6.81. The van der Waals surface area contributed by atoms with Gasteiger partial charge in [0.1, 0.15) is 0 Å². The molecule has 1 heteroatoms. The zero-order valence-electron chi connectivity index (χ0n) is 11.1. The molecule has 0 saturated carbocycles. The molecule has 1 N–H and O–H groups in total. The summed E-state index contributed by atoms with van der Waals surface area (Å²) >= 11 is 0. The van der Waals surface area contributed by atoms with Gasteiger partial charge in [0.05, 0.1) is 0 Å². The molecule has 1 aliphatic rings. The Balaban J connectivity index is 2.54. The van der Waals surface area contributed by atoms with E-state index >= 15 is 0 Å². The Bertz CT molecular complexity index is 230. The molecule has 15 heavy (non-hydrogen) atoms. The molecule has 0 aromatic heterocycles. The summed E-state index contributed by atoms with van der Waals surface area (Å²) in [5, 5.41) is 3.62. The SMILES string of the molecule is CC(C)(C)NCC(C)(C)C1=CCCCC1. The Morgan fingerprint density at radius 3 is 2.27 bits per heavy atom. The van der Waals surface area contributed by atoms with Crippen LogP contribution in [-0.2, 0) is 0 Å². The predicted molar refractivity (Wildman–Crippen MR) is 68.1 cm³/mol. The Labute approximate surface area is 95.3 Å². The highest BCUT2D eigenvalue weighted by Gasteiger charge is 2.25. The molecular weight excluding hydrogens is 182 g/mol. The highest BCUT2D eigenvalue weighted by molar-refractivity contribution is 5.15. The summed E-state index contributed by atoms with van der Waals surface area (Å²) in [5.74, 6) is 0. The van der Waals surface area contributed by atoms with E-state index in [1.165, 1.54) is 25.7 Å². The normalized spacial score (nSPS) is 18.9. The van der Waals surface area contributed by atoms with Crippen LogP contribution in [0.25, 0.3) is 0 Å². The summed E-state index contributed by atoms with van der Waals surface area (Å²) in [6.07, 6.45) is 7.82. The summed E-state index contributed by atoms with van der Waals surface area (Å²) < 4.78 is 0. The van der Waals surface area contributed by atoms with Crippen molar-refractivity contribution in [3.05, 3.63) is 11.6 Å². The lowest BCUT2D eigenvalue weighted by Crippen LogP contribution is -2.42. The van der Waals surface area contributed by atoms with Gasteiger partial charge in [0, 0.05) is 12.1 Å². The summed E-state index contributed by atoms with van der Waals surface area (Å²) in [6.45, 7) is 12.5. The van der Waals surface area contributed by atoms with Gasteiger partial charge >= 0.3 is 0 Å². The van der Waals surface area contributed by atoms with Gasteiger partial charge in [0.15, 0.2) is 0 Å². The third-order valence-corrected chi connectivity index (χ3v) is 3.22. The van der Waals surface area contributed by atoms with E-state index < -0.39 is 0 Å². The van der Waals surface area contributed by atoms with Gasteiger partial charge in [-0.15, -0.1) is 0 Å². The standard InChI is InChI=1S/C14H27N/c1-13(2,3)15-11-14(4,5)12-9-7-6-8-10-12/h9,15H,6-8,10-11H2,1-5H3. The quantitative estimate of drug-likeness (QED) is 0.695. The fraction of sp³-hybridized carbons (Fsp3) is 0.857. The second-order valence-electron chi connectivity index (χ2n) is 6.46. The van der Waals surface area contributed by atoms with Gasteiger partial charge in [-0.05, 0) is 51.9 Å². The van der Waals surface area contributed by atoms with Gasteiger partial charge < -0.3 is 5.32 Å². The third kappa shape index (κ3) is 4.38. The van der Waals surface area contributed by atoms with Crippen molar-refractivity contribution in [2.24, 2.45) is 5.41 Å². The summed E-state index contributed by atoms with van der Waals surface area (Å²) in [5.41, 5.74) is 2.21. The lowest BCUT2D eigenvalue weighted by molar-refractivity contribution is 0.320. The third-order valence-electron chi connectivity index (χ3n) is 3.22. The van der Waals surface area contributed by atoms with Crippen LogP contribution in [0.15, 0.2) is 11.6 Å². The smallest absolute Gasteiger partial charge is 0.00968 e. The Morgan fingerprint density at radius 2 is 1.80 bits per heavy atom. The fourth-order valence-electron chi connectivity index (χ4n) is 2.05. The van der Waals surface area contributed by atoms with E-state index in [0.717, 1.165) is 6.54 Å². The molecule has 88 valence electrons. The van der Waals surface area contributed by atoms with Crippen LogP contribution in [0.5, 0.6) is 0 Å². The van der Waals surface area contributed by atoms with Gasteiger partial charge in [-0.2, -0.15) is 0 Å². The van der Waals surface area contributed by atoms with Gasteiger partial charge in [0.25, 0.3) is 0 Å². The molecule has 0 aliphatic heterocycles. The van der Waals surface area contributed by atoms with E-state index in [2.05, 4.69) is 46.0 Å². The van der Waals surface area contributed by atoms with Crippen molar-refractivity contribution in [1.29, 1.82) is 0 Å². The lowest BCUT2D eigenvalue weighted by Gasteiger charge is -2.34. The number of hydrogen-bond acceptors (Lipinski definition) is 1. The van der Waals surface area contributed by atoms with E-state index in [4.69, 9.17) is 0 Å². The topological polar surface area (TPSA) is 12.0 Å². The molecule has 0 spiro atoms. The largest absolute Gasteiger partial charge is 0.311 e. The molecule has 1 rings (SSSR count). The average molecular weight is 209 g/mol. The maximum atomic E-state index is 3.62. The molecule has 0 aromatic carbocycles. The molecule has 0 bridgehead atoms. The summed E-state index contributed by atoms with van der Waals surface area (Å²) in [7, 11) is 0. The number of rotatable bonds is 3. The Morgan fingerprint density at radius 1 is 1.13 bits per heavy atom. The van der Waals surface area contributed by atoms with E-state index in [0.29, 0.717) is 5.41 Å². The molecule has 0 amide bonds. The average Bonchev–Trinajstić information content (AvgIpc) is 2.16. The Kier molecular flexibility index (Phi) is 3.99. The number of allylic oxidation sites excluding steroid dienone is 1. The van der Waals surface area contributed by atoms with Crippen molar-refractivity contribution in [3.8, 4) is 0 Å². The van der Waals surface area contributed by atoms with Crippen LogP contribution in [0, 0.1) is 5.41 Å².